The van der Waals surface area contributed by atoms with Crippen LogP contribution < -0.4 is 17.0 Å². The van der Waals surface area contributed by atoms with Gasteiger partial charge in [0.15, 0.2) is 0 Å². The minimum atomic E-state index is -5.68. The van der Waals surface area contributed by atoms with Gasteiger partial charge < -0.3 is 35.2 Å². The number of phosphoric ester groups is 1. The summed E-state index contributed by atoms with van der Waals surface area (Å²) < 4.78 is 51.8. The van der Waals surface area contributed by atoms with Crippen LogP contribution in [0.15, 0.2) is 28.1 Å². The lowest BCUT2D eigenvalue weighted by Gasteiger charge is -2.34. The third-order valence-corrected chi connectivity index (χ3v) is 7.97. The molecular weight excluding hydrogens is 515 g/mol. The van der Waals surface area contributed by atoms with Crippen molar-refractivity contribution in [2.24, 2.45) is 5.73 Å². The predicted molar refractivity (Wildman–Crippen MR) is 108 cm³/mol. The van der Waals surface area contributed by atoms with E-state index < -0.39 is 59.6 Å². The van der Waals surface area contributed by atoms with Gasteiger partial charge in [-0.15, -0.1) is 0 Å². The molecule has 8 N–H and O–H groups in total. The average Bonchev–Trinajstić information content (AvgIpc) is 2.63. The summed E-state index contributed by atoms with van der Waals surface area (Å²) in [5, 5.41) is 10.3. The van der Waals surface area contributed by atoms with Crippen LogP contribution in [0, 0.1) is 0 Å². The maximum atomic E-state index is 12.1. The molecule has 1 saturated heterocycles. The maximum absolute atomic E-state index is 12.1. The van der Waals surface area contributed by atoms with Crippen LogP contribution in [-0.4, -0.2) is 59.7 Å². The molecule has 0 amide bonds. The van der Waals surface area contributed by atoms with Gasteiger partial charge in [0.1, 0.15) is 6.10 Å². The molecule has 1 aliphatic heterocycles. The van der Waals surface area contributed by atoms with Crippen molar-refractivity contribution in [1.82, 2.24) is 9.55 Å². The maximum Gasteiger partial charge on any atom is 0.490 e. The van der Waals surface area contributed by atoms with Gasteiger partial charge in [-0.25, -0.2) is 18.5 Å². The molecule has 1 aromatic rings. The number of rotatable bonds is 10. The Morgan fingerprint density at radius 1 is 1.18 bits per heavy atom. The summed E-state index contributed by atoms with van der Waals surface area (Å²) in [6.07, 6.45) is 1.43. The summed E-state index contributed by atoms with van der Waals surface area (Å²) in [6, 6.07) is -0.729. The van der Waals surface area contributed by atoms with E-state index in [2.05, 4.69) is 18.1 Å². The Labute approximate surface area is 184 Å². The third kappa shape index (κ3) is 8.68. The van der Waals surface area contributed by atoms with Crippen molar-refractivity contribution in [2.75, 3.05) is 13.2 Å². The summed E-state index contributed by atoms with van der Waals surface area (Å²) >= 11 is 0. The molecule has 1 aliphatic rings. The molecule has 1 fully saturated rings. The smallest absolute Gasteiger partial charge is 0.405 e. The van der Waals surface area contributed by atoms with Crippen molar-refractivity contribution >= 4 is 23.5 Å². The molecule has 1 aromatic heterocycles. The SMILES string of the molecule is NC=CCc1cn([C@@H]2CO[C@H](COP(=O)(O)OP(=O)(O)OP(=O)(O)O)[C@@H](O)C2)c(=O)[nH]c1=O. The summed E-state index contributed by atoms with van der Waals surface area (Å²) in [5.74, 6) is 0. The summed E-state index contributed by atoms with van der Waals surface area (Å²) in [6.45, 7) is -1.04. The van der Waals surface area contributed by atoms with Crippen molar-refractivity contribution in [2.45, 2.75) is 31.1 Å². The number of aromatic amines is 1. The number of allylic oxidation sites excluding steroid dienone is 1. The number of phosphoric acid groups is 3. The molecule has 188 valence electrons. The van der Waals surface area contributed by atoms with Crippen LogP contribution in [0.25, 0.3) is 0 Å². The van der Waals surface area contributed by atoms with Crippen molar-refractivity contribution in [3.63, 3.8) is 0 Å². The van der Waals surface area contributed by atoms with Crippen molar-refractivity contribution in [3.05, 3.63) is 44.9 Å². The number of hydrogen-bond acceptors (Lipinski definition) is 11. The summed E-state index contributed by atoms with van der Waals surface area (Å²) in [7, 11) is -16.6. The van der Waals surface area contributed by atoms with Gasteiger partial charge in [-0.1, -0.05) is 6.08 Å². The topological polar surface area (TPSA) is 270 Å². The number of H-pyrrole nitrogens is 1. The van der Waals surface area contributed by atoms with E-state index >= 15 is 0 Å². The highest BCUT2D eigenvalue weighted by Gasteiger charge is 2.42. The molecule has 0 radical (unpaired) electrons. The van der Waals surface area contributed by atoms with Crippen molar-refractivity contribution in [1.29, 1.82) is 0 Å². The Bertz CT molecular complexity index is 1130. The molecule has 33 heavy (non-hydrogen) atoms. The van der Waals surface area contributed by atoms with E-state index in [4.69, 9.17) is 25.2 Å². The summed E-state index contributed by atoms with van der Waals surface area (Å²) in [4.78, 5) is 61.7. The lowest BCUT2D eigenvalue weighted by Crippen LogP contribution is -2.45. The number of hydrogen-bond donors (Lipinski definition) is 7. The molecular formula is C13H22N3O14P3. The van der Waals surface area contributed by atoms with Crippen LogP contribution in [0.4, 0.5) is 0 Å². The first-order chi connectivity index (χ1) is 15.1. The van der Waals surface area contributed by atoms with E-state index in [0.717, 1.165) is 4.57 Å². The normalized spacial score (nSPS) is 25.5. The van der Waals surface area contributed by atoms with Crippen LogP contribution in [0.2, 0.25) is 0 Å². The fourth-order valence-electron chi connectivity index (χ4n) is 2.81. The van der Waals surface area contributed by atoms with E-state index in [1.807, 2.05) is 0 Å². The van der Waals surface area contributed by atoms with Crippen LogP contribution in [0.5, 0.6) is 0 Å². The van der Waals surface area contributed by atoms with E-state index in [1.54, 1.807) is 0 Å². The Balaban J connectivity index is 2.02. The molecule has 0 bridgehead atoms. The largest absolute Gasteiger partial charge is 0.490 e. The highest BCUT2D eigenvalue weighted by molar-refractivity contribution is 7.66. The molecule has 0 saturated carbocycles. The van der Waals surface area contributed by atoms with Crippen LogP contribution in [0.1, 0.15) is 18.0 Å². The predicted octanol–water partition coefficient (Wildman–Crippen LogP) is -1.41. The highest BCUT2D eigenvalue weighted by atomic mass is 31.3. The van der Waals surface area contributed by atoms with E-state index in [0.29, 0.717) is 0 Å². The van der Waals surface area contributed by atoms with Gasteiger partial charge in [0.05, 0.1) is 25.4 Å². The number of nitrogens with zero attached hydrogens (tertiary/aromatic N) is 1. The van der Waals surface area contributed by atoms with Gasteiger partial charge in [0, 0.05) is 11.8 Å². The number of aliphatic hydroxyl groups excluding tert-OH is 1. The Morgan fingerprint density at radius 2 is 1.85 bits per heavy atom. The zero-order valence-electron chi connectivity index (χ0n) is 16.6. The third-order valence-electron chi connectivity index (χ3n) is 4.17. The minimum absolute atomic E-state index is 0.109. The molecule has 2 rings (SSSR count). The Hall–Kier alpha value is -1.45. The lowest BCUT2D eigenvalue weighted by molar-refractivity contribution is -0.111. The van der Waals surface area contributed by atoms with Gasteiger partial charge >= 0.3 is 29.2 Å². The fourth-order valence-corrected chi connectivity index (χ4v) is 5.84. The van der Waals surface area contributed by atoms with Crippen LogP contribution in [0.3, 0.4) is 0 Å². The second kappa shape index (κ2) is 10.9. The van der Waals surface area contributed by atoms with E-state index in [-0.39, 0.29) is 25.0 Å². The van der Waals surface area contributed by atoms with E-state index in [1.165, 1.54) is 18.5 Å². The minimum Gasteiger partial charge on any atom is -0.405 e. The molecule has 5 atom stereocenters. The molecule has 2 unspecified atom stereocenters. The highest BCUT2D eigenvalue weighted by Crippen LogP contribution is 2.66. The second-order valence-corrected chi connectivity index (χ2v) is 11.1. The molecule has 17 nitrogen and oxygen atoms in total. The van der Waals surface area contributed by atoms with Crippen LogP contribution in [-0.2, 0) is 38.0 Å². The lowest BCUT2D eigenvalue weighted by atomic mass is 10.0. The van der Waals surface area contributed by atoms with Gasteiger partial charge in [-0.3, -0.25) is 18.9 Å². The van der Waals surface area contributed by atoms with Crippen molar-refractivity contribution < 1.29 is 56.3 Å². The molecule has 0 aromatic carbocycles. The quantitative estimate of drug-likeness (QED) is 0.169. The first kappa shape index (κ1) is 27.8. The fraction of sp³-hybridized carbons (Fsp3) is 0.538. The molecule has 20 heteroatoms. The number of aromatic nitrogens is 2. The summed E-state index contributed by atoms with van der Waals surface area (Å²) in [5.41, 5.74) is 4.10. The van der Waals surface area contributed by atoms with Gasteiger partial charge in [0.2, 0.25) is 0 Å². The standard InChI is InChI=1S/C13H22N3O14P3/c14-3-1-2-8-5-16(13(19)15-12(8)18)9-4-10(17)11(27-6-9)7-28-32(23,24)30-33(25,26)29-31(20,21)22/h1,3,5,9-11,17H,2,4,6-7,14H2,(H,23,24)(H,25,26)(H,15,18,19)(H2,20,21,22)/t9-,10-,11+/m0/s1. The van der Waals surface area contributed by atoms with Gasteiger partial charge in [-0.2, -0.15) is 8.62 Å². The van der Waals surface area contributed by atoms with Gasteiger partial charge in [0.25, 0.3) is 5.56 Å². The zero-order valence-corrected chi connectivity index (χ0v) is 19.3. The zero-order chi connectivity index (χ0) is 25.0. The monoisotopic (exact) mass is 537 g/mol. The molecule has 0 aliphatic carbocycles. The number of ether oxygens (including phenoxy) is 1. The molecule has 0 spiro atoms. The Morgan fingerprint density at radius 3 is 2.42 bits per heavy atom. The Kier molecular flexibility index (Phi) is 9.15. The number of nitrogens with two attached hydrogens (primary N) is 1. The van der Waals surface area contributed by atoms with Crippen molar-refractivity contribution in [3.8, 4) is 0 Å². The average molecular weight is 537 g/mol. The number of aliphatic hydroxyl groups is 1. The van der Waals surface area contributed by atoms with E-state index in [9.17, 15) is 33.3 Å². The first-order valence-electron chi connectivity index (χ1n) is 8.91. The molecule has 2 heterocycles. The number of nitrogens with one attached hydrogen (secondary N) is 1. The van der Waals surface area contributed by atoms with Gasteiger partial charge in [-0.05, 0) is 19.0 Å². The van der Waals surface area contributed by atoms with Crippen LogP contribution >= 0.6 is 23.5 Å². The first-order valence-corrected chi connectivity index (χ1v) is 13.4. The second-order valence-electron chi connectivity index (χ2n) is 6.67.